The van der Waals surface area contributed by atoms with E-state index in [2.05, 4.69) is 25.9 Å². The molecule has 0 unspecified atom stereocenters. The first-order chi connectivity index (χ1) is 13.4. The van der Waals surface area contributed by atoms with Gasteiger partial charge in [-0.15, -0.1) is 0 Å². The molecule has 2 aromatic carbocycles. The van der Waals surface area contributed by atoms with E-state index >= 15 is 0 Å². The van der Waals surface area contributed by atoms with Crippen LogP contribution in [0.5, 0.6) is 0 Å². The summed E-state index contributed by atoms with van der Waals surface area (Å²) in [6.07, 6.45) is 1.18. The molecule has 0 bridgehead atoms. The lowest BCUT2D eigenvalue weighted by Gasteiger charge is -2.09. The number of benzene rings is 2. The van der Waals surface area contributed by atoms with E-state index < -0.39 is 17.5 Å². The minimum absolute atomic E-state index is 0.0146. The van der Waals surface area contributed by atoms with Crippen molar-refractivity contribution in [1.82, 2.24) is 9.97 Å². The molecule has 0 saturated heterocycles. The zero-order chi connectivity index (χ0) is 20.1. The highest BCUT2D eigenvalue weighted by Crippen LogP contribution is 2.20. The summed E-state index contributed by atoms with van der Waals surface area (Å²) >= 11 is 0. The molecule has 28 heavy (non-hydrogen) atoms. The Morgan fingerprint density at radius 1 is 0.929 bits per heavy atom. The van der Waals surface area contributed by atoms with Crippen LogP contribution in [0.1, 0.15) is 17.4 Å². The Morgan fingerprint density at radius 3 is 2.46 bits per heavy atom. The van der Waals surface area contributed by atoms with Crippen LogP contribution in [0.15, 0.2) is 54.9 Å². The summed E-state index contributed by atoms with van der Waals surface area (Å²) in [5.74, 6) is -2.20. The number of hydrogen-bond acceptors (Lipinski definition) is 5. The van der Waals surface area contributed by atoms with E-state index in [0.717, 1.165) is 12.1 Å². The highest BCUT2D eigenvalue weighted by molar-refractivity contribution is 6.03. The standard InChI is InChI=1S/C19H15F2N5O2/c1-11(27)24-13-3-2-4-14(8-13)25-18-9-17(22-10-23-18)19(28)26-16-6-5-12(20)7-15(16)21/h2-10H,1H3,(H,24,27)(H,26,28)(H,22,23,25). The van der Waals surface area contributed by atoms with E-state index in [1.165, 1.54) is 19.3 Å². The van der Waals surface area contributed by atoms with Crippen LogP contribution >= 0.6 is 0 Å². The van der Waals surface area contributed by atoms with Gasteiger partial charge in [0.2, 0.25) is 5.91 Å². The van der Waals surface area contributed by atoms with Gasteiger partial charge < -0.3 is 16.0 Å². The number of aromatic nitrogens is 2. The summed E-state index contributed by atoms with van der Waals surface area (Å²) < 4.78 is 26.7. The summed E-state index contributed by atoms with van der Waals surface area (Å²) in [6, 6.07) is 11.1. The molecule has 0 aliphatic carbocycles. The first-order valence-electron chi connectivity index (χ1n) is 8.14. The van der Waals surface area contributed by atoms with Gasteiger partial charge in [0.25, 0.3) is 5.91 Å². The minimum atomic E-state index is -0.893. The quantitative estimate of drug-likeness (QED) is 0.624. The third-order valence-corrected chi connectivity index (χ3v) is 3.53. The molecule has 3 aromatic rings. The van der Waals surface area contributed by atoms with Gasteiger partial charge in [-0.3, -0.25) is 9.59 Å². The largest absolute Gasteiger partial charge is 0.340 e. The minimum Gasteiger partial charge on any atom is -0.340 e. The first kappa shape index (κ1) is 18.9. The Morgan fingerprint density at radius 2 is 1.71 bits per heavy atom. The normalized spacial score (nSPS) is 10.2. The second-order valence-corrected chi connectivity index (χ2v) is 5.75. The molecule has 1 heterocycles. The fraction of sp³-hybridized carbons (Fsp3) is 0.0526. The summed E-state index contributed by atoms with van der Waals surface area (Å²) in [5.41, 5.74) is 1.04. The predicted octanol–water partition coefficient (Wildman–Crippen LogP) is 3.71. The van der Waals surface area contributed by atoms with Crippen molar-refractivity contribution >= 4 is 34.7 Å². The average molecular weight is 383 g/mol. The van der Waals surface area contributed by atoms with Crippen molar-refractivity contribution in [2.24, 2.45) is 0 Å². The predicted molar refractivity (Wildman–Crippen MR) is 100 cm³/mol. The van der Waals surface area contributed by atoms with E-state index in [9.17, 15) is 18.4 Å². The molecule has 7 nitrogen and oxygen atoms in total. The van der Waals surface area contributed by atoms with E-state index in [-0.39, 0.29) is 17.3 Å². The number of rotatable bonds is 5. The Hall–Kier alpha value is -3.88. The van der Waals surface area contributed by atoms with Gasteiger partial charge in [0.1, 0.15) is 29.5 Å². The number of carbonyl (C=O) groups is 2. The fourth-order valence-corrected chi connectivity index (χ4v) is 2.35. The van der Waals surface area contributed by atoms with Gasteiger partial charge in [0.15, 0.2) is 0 Å². The molecule has 0 atom stereocenters. The van der Waals surface area contributed by atoms with Crippen molar-refractivity contribution in [2.75, 3.05) is 16.0 Å². The highest BCUT2D eigenvalue weighted by atomic mass is 19.1. The maximum absolute atomic E-state index is 13.7. The molecule has 9 heteroatoms. The highest BCUT2D eigenvalue weighted by Gasteiger charge is 2.12. The maximum Gasteiger partial charge on any atom is 0.274 e. The summed E-state index contributed by atoms with van der Waals surface area (Å²) in [5, 5.41) is 7.98. The van der Waals surface area contributed by atoms with E-state index in [0.29, 0.717) is 23.3 Å². The molecule has 0 radical (unpaired) electrons. The summed E-state index contributed by atoms with van der Waals surface area (Å²) in [4.78, 5) is 31.3. The lowest BCUT2D eigenvalue weighted by atomic mass is 10.2. The van der Waals surface area contributed by atoms with E-state index in [1.54, 1.807) is 24.3 Å². The van der Waals surface area contributed by atoms with Crippen molar-refractivity contribution in [3.8, 4) is 0 Å². The van der Waals surface area contributed by atoms with Gasteiger partial charge in [0, 0.05) is 30.4 Å². The molecular formula is C19H15F2N5O2. The summed E-state index contributed by atoms with van der Waals surface area (Å²) in [7, 11) is 0. The number of nitrogens with one attached hydrogen (secondary N) is 3. The number of nitrogens with zero attached hydrogens (tertiary/aromatic N) is 2. The monoisotopic (exact) mass is 383 g/mol. The van der Waals surface area contributed by atoms with Gasteiger partial charge in [-0.2, -0.15) is 0 Å². The topological polar surface area (TPSA) is 96.0 Å². The molecule has 0 spiro atoms. The van der Waals surface area contributed by atoms with Gasteiger partial charge in [-0.25, -0.2) is 18.7 Å². The van der Waals surface area contributed by atoms with E-state index in [1.807, 2.05) is 0 Å². The molecule has 1 aromatic heterocycles. The molecule has 0 fully saturated rings. The number of amides is 2. The van der Waals surface area contributed by atoms with Crippen molar-refractivity contribution in [1.29, 1.82) is 0 Å². The number of halogens is 2. The Labute approximate surface area is 158 Å². The zero-order valence-corrected chi connectivity index (χ0v) is 14.7. The third-order valence-electron chi connectivity index (χ3n) is 3.53. The van der Waals surface area contributed by atoms with Crippen LogP contribution < -0.4 is 16.0 Å². The second-order valence-electron chi connectivity index (χ2n) is 5.75. The number of carbonyl (C=O) groups excluding carboxylic acids is 2. The Kier molecular flexibility index (Phi) is 5.54. The van der Waals surface area contributed by atoms with Gasteiger partial charge in [-0.1, -0.05) is 6.07 Å². The van der Waals surface area contributed by atoms with Gasteiger partial charge >= 0.3 is 0 Å². The second kappa shape index (κ2) is 8.21. The van der Waals surface area contributed by atoms with Gasteiger partial charge in [0.05, 0.1) is 5.69 Å². The molecule has 0 aliphatic rings. The third kappa shape index (κ3) is 4.85. The fourth-order valence-electron chi connectivity index (χ4n) is 2.35. The van der Waals surface area contributed by atoms with Crippen molar-refractivity contribution in [3.63, 3.8) is 0 Å². The lowest BCUT2D eigenvalue weighted by molar-refractivity contribution is -0.114. The number of anilines is 4. The van der Waals surface area contributed by atoms with Crippen LogP contribution in [0, 0.1) is 11.6 Å². The molecule has 2 amide bonds. The molecule has 0 saturated carbocycles. The molecule has 3 N–H and O–H groups in total. The Balaban J connectivity index is 1.75. The first-order valence-corrected chi connectivity index (χ1v) is 8.14. The van der Waals surface area contributed by atoms with Crippen LogP contribution in [0.3, 0.4) is 0 Å². The van der Waals surface area contributed by atoms with Crippen molar-refractivity contribution in [2.45, 2.75) is 6.92 Å². The maximum atomic E-state index is 13.7. The zero-order valence-electron chi connectivity index (χ0n) is 14.7. The van der Waals surface area contributed by atoms with Crippen LogP contribution in [0.2, 0.25) is 0 Å². The molecule has 0 aliphatic heterocycles. The molecule has 3 rings (SSSR count). The van der Waals surface area contributed by atoms with Crippen LogP contribution in [-0.2, 0) is 4.79 Å². The van der Waals surface area contributed by atoms with E-state index in [4.69, 9.17) is 0 Å². The average Bonchev–Trinajstić information content (AvgIpc) is 2.64. The van der Waals surface area contributed by atoms with Gasteiger partial charge in [-0.05, 0) is 30.3 Å². The number of hydrogen-bond donors (Lipinski definition) is 3. The van der Waals surface area contributed by atoms with Crippen LogP contribution in [-0.4, -0.2) is 21.8 Å². The SMILES string of the molecule is CC(=O)Nc1cccc(Nc2cc(C(=O)Nc3ccc(F)cc3F)ncn2)c1. The lowest BCUT2D eigenvalue weighted by Crippen LogP contribution is -2.15. The van der Waals surface area contributed by atoms with Crippen LogP contribution in [0.4, 0.5) is 31.7 Å². The van der Waals surface area contributed by atoms with Crippen LogP contribution in [0.25, 0.3) is 0 Å². The summed E-state index contributed by atoms with van der Waals surface area (Å²) in [6.45, 7) is 1.40. The molecular weight excluding hydrogens is 368 g/mol. The Bertz CT molecular complexity index is 1040. The smallest absolute Gasteiger partial charge is 0.274 e. The van der Waals surface area contributed by atoms with Crippen molar-refractivity contribution in [3.05, 3.63) is 72.2 Å². The van der Waals surface area contributed by atoms with Crippen molar-refractivity contribution < 1.29 is 18.4 Å². The molecule has 142 valence electrons.